The Morgan fingerprint density at radius 2 is 1.94 bits per heavy atom. The summed E-state index contributed by atoms with van der Waals surface area (Å²) in [6.45, 7) is 3.16. The van der Waals surface area contributed by atoms with Crippen molar-refractivity contribution >= 4 is 11.6 Å². The largest absolute Gasteiger partial charge is 0.490 e. The summed E-state index contributed by atoms with van der Waals surface area (Å²) in [5.41, 5.74) is 0. The normalized spacial score (nSPS) is 12.4. The molecule has 0 bridgehead atoms. The van der Waals surface area contributed by atoms with Crippen molar-refractivity contribution in [3.05, 3.63) is 29.3 Å². The molecule has 16 heavy (non-hydrogen) atoms. The van der Waals surface area contributed by atoms with Crippen LogP contribution in [0.25, 0.3) is 0 Å². The summed E-state index contributed by atoms with van der Waals surface area (Å²) in [7, 11) is 1.96. The Bertz CT molecular complexity index is 286. The van der Waals surface area contributed by atoms with Crippen molar-refractivity contribution < 1.29 is 4.74 Å². The number of halogens is 1. The fraction of sp³-hybridized carbons (Fsp3) is 0.538. The van der Waals surface area contributed by atoms with Gasteiger partial charge in [0.15, 0.2) is 0 Å². The lowest BCUT2D eigenvalue weighted by Crippen LogP contribution is -2.22. The molecule has 2 nitrogen and oxygen atoms in total. The maximum atomic E-state index is 5.91. The zero-order valence-electron chi connectivity index (χ0n) is 10.0. The van der Waals surface area contributed by atoms with Gasteiger partial charge < -0.3 is 10.1 Å². The van der Waals surface area contributed by atoms with E-state index in [0.29, 0.717) is 6.10 Å². The fourth-order valence-electron chi connectivity index (χ4n) is 1.60. The lowest BCUT2D eigenvalue weighted by Gasteiger charge is -2.18. The molecule has 0 amide bonds. The van der Waals surface area contributed by atoms with E-state index in [9.17, 15) is 0 Å². The number of rotatable bonds is 7. The first kappa shape index (κ1) is 13.3. The molecule has 1 aromatic carbocycles. The van der Waals surface area contributed by atoms with E-state index in [1.165, 1.54) is 0 Å². The van der Waals surface area contributed by atoms with Crippen LogP contribution in [0, 0.1) is 0 Å². The Kier molecular flexibility index (Phi) is 6.27. The second-order valence-electron chi connectivity index (χ2n) is 3.87. The van der Waals surface area contributed by atoms with Crippen LogP contribution in [0.3, 0.4) is 0 Å². The van der Waals surface area contributed by atoms with Crippen molar-refractivity contribution in [1.82, 2.24) is 5.32 Å². The first-order valence-electron chi connectivity index (χ1n) is 5.83. The fourth-order valence-corrected chi connectivity index (χ4v) is 1.72. The molecule has 0 radical (unpaired) electrons. The number of hydrogen-bond donors (Lipinski definition) is 1. The molecule has 3 heteroatoms. The maximum Gasteiger partial charge on any atom is 0.119 e. The molecule has 0 heterocycles. The summed E-state index contributed by atoms with van der Waals surface area (Å²) in [6, 6.07) is 7.56. The van der Waals surface area contributed by atoms with Crippen molar-refractivity contribution in [1.29, 1.82) is 0 Å². The SMILES string of the molecule is CCC[C@@H](CCNC)Oc1ccc(Cl)cc1. The monoisotopic (exact) mass is 241 g/mol. The van der Waals surface area contributed by atoms with Gasteiger partial charge in [-0.3, -0.25) is 0 Å². The lowest BCUT2D eigenvalue weighted by molar-refractivity contribution is 0.180. The van der Waals surface area contributed by atoms with Gasteiger partial charge in [-0.25, -0.2) is 0 Å². The third-order valence-corrected chi connectivity index (χ3v) is 2.70. The molecule has 0 aliphatic heterocycles. The Labute approximate surface area is 103 Å². The van der Waals surface area contributed by atoms with E-state index in [1.807, 2.05) is 31.3 Å². The van der Waals surface area contributed by atoms with Gasteiger partial charge in [-0.2, -0.15) is 0 Å². The van der Waals surface area contributed by atoms with Crippen molar-refractivity contribution in [3.8, 4) is 5.75 Å². The molecule has 0 saturated heterocycles. The van der Waals surface area contributed by atoms with E-state index in [2.05, 4.69) is 12.2 Å². The van der Waals surface area contributed by atoms with Crippen LogP contribution in [0.15, 0.2) is 24.3 Å². The minimum atomic E-state index is 0.290. The van der Waals surface area contributed by atoms with Gasteiger partial charge in [-0.05, 0) is 50.7 Å². The van der Waals surface area contributed by atoms with E-state index in [1.54, 1.807) is 0 Å². The predicted octanol–water partition coefficient (Wildman–Crippen LogP) is 3.50. The molecule has 90 valence electrons. The van der Waals surface area contributed by atoms with Gasteiger partial charge in [-0.15, -0.1) is 0 Å². The summed E-state index contributed by atoms with van der Waals surface area (Å²) >= 11 is 5.83. The average molecular weight is 242 g/mol. The van der Waals surface area contributed by atoms with Crippen LogP contribution in [-0.2, 0) is 0 Å². The molecular formula is C13H20ClNO. The van der Waals surface area contributed by atoms with Crippen molar-refractivity contribution in [3.63, 3.8) is 0 Å². The average Bonchev–Trinajstić information content (AvgIpc) is 2.29. The Morgan fingerprint density at radius 3 is 2.50 bits per heavy atom. The molecule has 0 fully saturated rings. The van der Waals surface area contributed by atoms with Crippen LogP contribution >= 0.6 is 11.6 Å². The molecule has 0 unspecified atom stereocenters. The van der Waals surface area contributed by atoms with E-state index < -0.39 is 0 Å². The van der Waals surface area contributed by atoms with Crippen LogP contribution in [0.1, 0.15) is 26.2 Å². The third kappa shape index (κ3) is 4.86. The molecule has 0 saturated carbocycles. The predicted molar refractivity (Wildman–Crippen MR) is 69.3 cm³/mol. The zero-order chi connectivity index (χ0) is 11.8. The van der Waals surface area contributed by atoms with Gasteiger partial charge in [0.2, 0.25) is 0 Å². The molecule has 0 spiro atoms. The highest BCUT2D eigenvalue weighted by atomic mass is 35.5. The molecular weight excluding hydrogens is 222 g/mol. The van der Waals surface area contributed by atoms with Gasteiger partial charge in [-0.1, -0.05) is 24.9 Å². The topological polar surface area (TPSA) is 21.3 Å². The molecule has 0 aliphatic rings. The quantitative estimate of drug-likeness (QED) is 0.789. The lowest BCUT2D eigenvalue weighted by atomic mass is 10.1. The smallest absolute Gasteiger partial charge is 0.119 e. The molecule has 0 aliphatic carbocycles. The minimum Gasteiger partial charge on any atom is -0.490 e. The molecule has 1 aromatic rings. The number of ether oxygens (including phenoxy) is 1. The van der Waals surface area contributed by atoms with Crippen molar-refractivity contribution in [2.75, 3.05) is 13.6 Å². The molecule has 1 atom stereocenters. The number of nitrogens with one attached hydrogen (secondary N) is 1. The number of hydrogen-bond acceptors (Lipinski definition) is 2. The maximum absolute atomic E-state index is 5.91. The Morgan fingerprint density at radius 1 is 1.25 bits per heavy atom. The van der Waals surface area contributed by atoms with Crippen LogP contribution in [-0.4, -0.2) is 19.7 Å². The van der Waals surface area contributed by atoms with Crippen LogP contribution in [0.5, 0.6) is 5.75 Å². The Balaban J connectivity index is 2.49. The first-order chi connectivity index (χ1) is 7.76. The van der Waals surface area contributed by atoms with Crippen molar-refractivity contribution in [2.45, 2.75) is 32.3 Å². The summed E-state index contributed by atoms with van der Waals surface area (Å²) in [4.78, 5) is 0. The van der Waals surface area contributed by atoms with E-state index in [0.717, 1.165) is 36.6 Å². The van der Waals surface area contributed by atoms with E-state index in [4.69, 9.17) is 16.3 Å². The van der Waals surface area contributed by atoms with Crippen molar-refractivity contribution in [2.24, 2.45) is 0 Å². The highest BCUT2D eigenvalue weighted by molar-refractivity contribution is 6.30. The highest BCUT2D eigenvalue weighted by Crippen LogP contribution is 2.19. The third-order valence-electron chi connectivity index (χ3n) is 2.44. The Hall–Kier alpha value is -0.730. The molecule has 0 aromatic heterocycles. The minimum absolute atomic E-state index is 0.290. The summed E-state index contributed by atoms with van der Waals surface area (Å²) in [6.07, 6.45) is 3.55. The van der Waals surface area contributed by atoms with Gasteiger partial charge in [0.05, 0.1) is 6.10 Å². The van der Waals surface area contributed by atoms with Gasteiger partial charge in [0.1, 0.15) is 5.75 Å². The van der Waals surface area contributed by atoms with Gasteiger partial charge >= 0.3 is 0 Å². The van der Waals surface area contributed by atoms with Crippen LogP contribution < -0.4 is 10.1 Å². The van der Waals surface area contributed by atoms with Crippen LogP contribution in [0.2, 0.25) is 5.02 Å². The summed E-state index contributed by atoms with van der Waals surface area (Å²) in [5, 5.41) is 3.90. The first-order valence-corrected chi connectivity index (χ1v) is 6.21. The van der Waals surface area contributed by atoms with E-state index >= 15 is 0 Å². The van der Waals surface area contributed by atoms with Gasteiger partial charge in [0.25, 0.3) is 0 Å². The second kappa shape index (κ2) is 7.53. The summed E-state index contributed by atoms with van der Waals surface area (Å²) < 4.78 is 5.91. The molecule has 1 rings (SSSR count). The highest BCUT2D eigenvalue weighted by Gasteiger charge is 2.08. The summed E-state index contributed by atoms with van der Waals surface area (Å²) in [5.74, 6) is 0.902. The molecule has 1 N–H and O–H groups in total. The standard InChI is InChI=1S/C13H20ClNO/c1-3-4-12(9-10-15-2)16-13-7-5-11(14)6-8-13/h5-8,12,15H,3-4,9-10H2,1-2H3/t12-/m0/s1. The van der Waals surface area contributed by atoms with Gasteiger partial charge in [0, 0.05) is 5.02 Å². The van der Waals surface area contributed by atoms with E-state index in [-0.39, 0.29) is 0 Å². The zero-order valence-corrected chi connectivity index (χ0v) is 10.8. The van der Waals surface area contributed by atoms with Crippen LogP contribution in [0.4, 0.5) is 0 Å². The number of benzene rings is 1. The second-order valence-corrected chi connectivity index (χ2v) is 4.31.